The zero-order valence-electron chi connectivity index (χ0n) is 19.8. The lowest BCUT2D eigenvalue weighted by Gasteiger charge is -2.19. The molecule has 0 atom stereocenters. The van der Waals surface area contributed by atoms with Crippen LogP contribution in [0.1, 0.15) is 42.3 Å². The van der Waals surface area contributed by atoms with E-state index in [1.54, 1.807) is 31.4 Å². The zero-order valence-corrected chi connectivity index (χ0v) is 20.6. The van der Waals surface area contributed by atoms with Gasteiger partial charge in [0.1, 0.15) is 5.75 Å². The average molecular weight is 489 g/mol. The lowest BCUT2D eigenvalue weighted by molar-refractivity contribution is -0.384. The summed E-state index contributed by atoms with van der Waals surface area (Å²) in [6.07, 6.45) is 1.48. The number of non-ortho nitro benzene ring substituents is 1. The first kappa shape index (κ1) is 24.0. The number of rotatable bonds is 6. The zero-order chi connectivity index (χ0) is 25.2. The van der Waals surface area contributed by atoms with Crippen molar-refractivity contribution in [2.75, 3.05) is 12.1 Å². The normalized spacial score (nSPS) is 11.7. The Labute approximate surface area is 206 Å². The molecule has 8 nitrogen and oxygen atoms in total. The Morgan fingerprint density at radius 1 is 1.09 bits per heavy atom. The van der Waals surface area contributed by atoms with Gasteiger partial charge in [0, 0.05) is 17.7 Å². The molecule has 0 N–H and O–H groups in total. The number of fused-ring (bicyclic) bond motifs is 1. The maximum atomic E-state index is 13.5. The van der Waals surface area contributed by atoms with E-state index in [0.717, 1.165) is 15.8 Å². The predicted octanol–water partition coefficient (Wildman–Crippen LogP) is 6.19. The molecule has 0 saturated carbocycles. The first-order chi connectivity index (χ1) is 16.7. The van der Waals surface area contributed by atoms with Crippen molar-refractivity contribution in [1.29, 1.82) is 0 Å². The molecule has 0 aliphatic carbocycles. The lowest BCUT2D eigenvalue weighted by atomic mass is 9.87. The molecule has 35 heavy (non-hydrogen) atoms. The van der Waals surface area contributed by atoms with E-state index in [4.69, 9.17) is 4.74 Å². The van der Waals surface area contributed by atoms with E-state index >= 15 is 0 Å². The minimum Gasteiger partial charge on any atom is -0.497 e. The Bertz CT molecular complexity index is 1400. The number of ether oxygens (including phenoxy) is 1. The highest BCUT2D eigenvalue weighted by molar-refractivity contribution is 7.22. The number of carbonyl (C=O) groups excluding carboxylic acids is 1. The van der Waals surface area contributed by atoms with Crippen molar-refractivity contribution in [1.82, 2.24) is 4.98 Å². The number of hydrogen-bond donors (Lipinski definition) is 0. The molecule has 4 aromatic rings. The standard InChI is InChI=1S/C26H24N4O4S/c1-26(2,3)19-9-7-18(8-10-19)24(31)29(27-16-17-5-11-20(12-6-17)30(32)33)25-28-22-14-13-21(34-4)15-23(22)35-25/h5-16H,1-4H3/b27-16+. The maximum Gasteiger partial charge on any atom is 0.280 e. The van der Waals surface area contributed by atoms with Crippen molar-refractivity contribution in [2.24, 2.45) is 5.10 Å². The molecule has 9 heteroatoms. The van der Waals surface area contributed by atoms with E-state index in [-0.39, 0.29) is 17.0 Å². The predicted molar refractivity (Wildman–Crippen MR) is 139 cm³/mol. The van der Waals surface area contributed by atoms with Crippen molar-refractivity contribution in [3.63, 3.8) is 0 Å². The fraction of sp³-hybridized carbons (Fsp3) is 0.192. The summed E-state index contributed by atoms with van der Waals surface area (Å²) in [5, 5.41) is 17.0. The Hall–Kier alpha value is -4.11. The van der Waals surface area contributed by atoms with Gasteiger partial charge in [-0.25, -0.2) is 4.98 Å². The van der Waals surface area contributed by atoms with Gasteiger partial charge in [-0.1, -0.05) is 44.2 Å². The van der Waals surface area contributed by atoms with Crippen molar-refractivity contribution in [3.05, 3.63) is 93.5 Å². The number of nitro benzene ring substituents is 1. The van der Waals surface area contributed by atoms with E-state index in [2.05, 4.69) is 30.9 Å². The van der Waals surface area contributed by atoms with E-state index in [1.165, 1.54) is 34.7 Å². The highest BCUT2D eigenvalue weighted by atomic mass is 32.1. The second-order valence-corrected chi connectivity index (χ2v) is 9.88. The van der Waals surface area contributed by atoms with E-state index in [9.17, 15) is 14.9 Å². The van der Waals surface area contributed by atoms with Gasteiger partial charge in [0.15, 0.2) is 0 Å². The molecule has 4 rings (SSSR count). The van der Waals surface area contributed by atoms with Crippen LogP contribution >= 0.6 is 11.3 Å². The number of thiazole rings is 1. The van der Waals surface area contributed by atoms with Crippen LogP contribution in [0.3, 0.4) is 0 Å². The number of hydrazone groups is 1. The summed E-state index contributed by atoms with van der Waals surface area (Å²) in [7, 11) is 1.59. The molecule has 0 fully saturated rings. The van der Waals surface area contributed by atoms with Crippen LogP contribution in [0.4, 0.5) is 10.8 Å². The molecule has 178 valence electrons. The maximum absolute atomic E-state index is 13.5. The molecule has 1 heterocycles. The molecule has 0 bridgehead atoms. The van der Waals surface area contributed by atoms with Crippen LogP contribution in [0.2, 0.25) is 0 Å². The van der Waals surface area contributed by atoms with Crippen LogP contribution in [-0.2, 0) is 5.41 Å². The van der Waals surface area contributed by atoms with Crippen LogP contribution in [0.5, 0.6) is 5.75 Å². The van der Waals surface area contributed by atoms with Crippen molar-refractivity contribution in [2.45, 2.75) is 26.2 Å². The molecule has 0 saturated heterocycles. The molecule has 0 radical (unpaired) electrons. The summed E-state index contributed by atoms with van der Waals surface area (Å²) in [4.78, 5) is 28.6. The highest BCUT2D eigenvalue weighted by Crippen LogP contribution is 2.32. The largest absolute Gasteiger partial charge is 0.497 e. The summed E-state index contributed by atoms with van der Waals surface area (Å²) in [6.45, 7) is 6.33. The van der Waals surface area contributed by atoms with Gasteiger partial charge in [0.05, 0.1) is 28.5 Å². The quantitative estimate of drug-likeness (QED) is 0.183. The minimum absolute atomic E-state index is 0.0193. The number of benzene rings is 3. The first-order valence-corrected chi connectivity index (χ1v) is 11.7. The van der Waals surface area contributed by atoms with Gasteiger partial charge < -0.3 is 4.74 Å². The van der Waals surface area contributed by atoms with Crippen LogP contribution < -0.4 is 9.75 Å². The summed E-state index contributed by atoms with van der Waals surface area (Å²) in [5.74, 6) is 0.354. The Kier molecular flexibility index (Phi) is 6.61. The molecular weight excluding hydrogens is 464 g/mol. The number of methoxy groups -OCH3 is 1. The average Bonchev–Trinajstić information content (AvgIpc) is 3.26. The molecule has 0 aliphatic rings. The summed E-state index contributed by atoms with van der Waals surface area (Å²) < 4.78 is 6.15. The molecule has 3 aromatic carbocycles. The summed E-state index contributed by atoms with van der Waals surface area (Å²) in [6, 6.07) is 18.9. The molecule has 0 unspecified atom stereocenters. The van der Waals surface area contributed by atoms with Gasteiger partial charge in [-0.3, -0.25) is 14.9 Å². The third kappa shape index (κ3) is 5.36. The monoisotopic (exact) mass is 488 g/mol. The minimum atomic E-state index is -0.465. The smallest absolute Gasteiger partial charge is 0.280 e. The number of nitrogens with zero attached hydrogens (tertiary/aromatic N) is 4. The van der Waals surface area contributed by atoms with E-state index in [0.29, 0.717) is 22.0 Å². The number of amides is 1. The fourth-order valence-electron chi connectivity index (χ4n) is 3.34. The summed E-state index contributed by atoms with van der Waals surface area (Å²) >= 11 is 1.32. The van der Waals surface area contributed by atoms with Crippen LogP contribution in [0, 0.1) is 10.1 Å². The van der Waals surface area contributed by atoms with Crippen molar-refractivity contribution >= 4 is 44.5 Å². The molecule has 1 aromatic heterocycles. The van der Waals surface area contributed by atoms with Gasteiger partial charge >= 0.3 is 0 Å². The van der Waals surface area contributed by atoms with Crippen LogP contribution in [0.15, 0.2) is 71.8 Å². The Morgan fingerprint density at radius 3 is 2.37 bits per heavy atom. The van der Waals surface area contributed by atoms with Gasteiger partial charge in [-0.2, -0.15) is 10.1 Å². The van der Waals surface area contributed by atoms with Gasteiger partial charge in [0.25, 0.3) is 11.6 Å². The van der Waals surface area contributed by atoms with Crippen LogP contribution in [-0.4, -0.2) is 29.1 Å². The van der Waals surface area contributed by atoms with Crippen molar-refractivity contribution < 1.29 is 14.5 Å². The third-order valence-corrected chi connectivity index (χ3v) is 6.38. The number of nitro groups is 1. The summed E-state index contributed by atoms with van der Waals surface area (Å²) in [5.41, 5.74) is 2.85. The van der Waals surface area contributed by atoms with E-state index in [1.807, 2.05) is 30.3 Å². The van der Waals surface area contributed by atoms with Gasteiger partial charge in [0.2, 0.25) is 5.13 Å². The number of carbonyl (C=O) groups is 1. The van der Waals surface area contributed by atoms with Crippen LogP contribution in [0.25, 0.3) is 10.2 Å². The first-order valence-electron chi connectivity index (χ1n) is 10.8. The molecular formula is C26H24N4O4S. The highest BCUT2D eigenvalue weighted by Gasteiger charge is 2.22. The number of anilines is 1. The topological polar surface area (TPSA) is 97.9 Å². The fourth-order valence-corrected chi connectivity index (χ4v) is 4.29. The Morgan fingerprint density at radius 2 is 1.77 bits per heavy atom. The number of hydrogen-bond acceptors (Lipinski definition) is 7. The van der Waals surface area contributed by atoms with Gasteiger partial charge in [-0.05, 0) is 59.0 Å². The Balaban J connectivity index is 1.72. The van der Waals surface area contributed by atoms with Crippen molar-refractivity contribution in [3.8, 4) is 5.75 Å². The molecule has 1 amide bonds. The molecule has 0 spiro atoms. The molecule has 0 aliphatic heterocycles. The SMILES string of the molecule is COc1ccc2nc(N(/N=C/c3ccc([N+](=O)[O-])cc3)C(=O)c3ccc(C(C)(C)C)cc3)sc2c1. The second-order valence-electron chi connectivity index (χ2n) is 8.87. The number of aromatic nitrogens is 1. The second kappa shape index (κ2) is 9.63. The van der Waals surface area contributed by atoms with E-state index < -0.39 is 4.92 Å². The third-order valence-electron chi connectivity index (χ3n) is 5.38. The lowest BCUT2D eigenvalue weighted by Crippen LogP contribution is -2.25. The van der Waals surface area contributed by atoms with Gasteiger partial charge in [-0.15, -0.1) is 0 Å².